The molecule has 0 spiro atoms. The molecule has 19 heavy (non-hydrogen) atoms. The van der Waals surface area contributed by atoms with E-state index in [0.717, 1.165) is 4.47 Å². The maximum absolute atomic E-state index is 11.8. The third-order valence-electron chi connectivity index (χ3n) is 2.20. The predicted octanol–water partition coefficient (Wildman–Crippen LogP) is 2.19. The molecule has 2 aromatic rings. The van der Waals surface area contributed by atoms with Crippen LogP contribution >= 0.6 is 15.9 Å². The zero-order valence-corrected chi connectivity index (χ0v) is 11.1. The summed E-state index contributed by atoms with van der Waals surface area (Å²) in [5, 5.41) is 11.3. The van der Waals surface area contributed by atoms with Gasteiger partial charge in [-0.3, -0.25) is 4.79 Å². The van der Waals surface area contributed by atoms with Crippen molar-refractivity contribution in [3.8, 4) is 0 Å². The Morgan fingerprint density at radius 3 is 2.26 bits per heavy atom. The molecule has 0 aliphatic heterocycles. The first-order valence-electron chi connectivity index (χ1n) is 5.18. The van der Waals surface area contributed by atoms with Gasteiger partial charge in [0, 0.05) is 10.7 Å². The minimum Gasteiger partial charge on any atom is -0.477 e. The topological polar surface area (TPSA) is 92.2 Å². The molecule has 0 saturated heterocycles. The first kappa shape index (κ1) is 13.2. The van der Waals surface area contributed by atoms with Crippen LogP contribution in [0.4, 0.5) is 5.69 Å². The second-order valence-electron chi connectivity index (χ2n) is 3.55. The van der Waals surface area contributed by atoms with Crippen LogP contribution in [0.2, 0.25) is 0 Å². The van der Waals surface area contributed by atoms with Crippen molar-refractivity contribution in [3.63, 3.8) is 0 Å². The fourth-order valence-electron chi connectivity index (χ4n) is 1.30. The minimum atomic E-state index is -1.12. The molecule has 0 aliphatic carbocycles. The molecule has 2 heterocycles. The molecule has 0 aliphatic rings. The van der Waals surface area contributed by atoms with Crippen molar-refractivity contribution < 1.29 is 14.7 Å². The highest BCUT2D eigenvalue weighted by Gasteiger charge is 2.09. The Morgan fingerprint density at radius 2 is 1.74 bits per heavy atom. The Bertz CT molecular complexity index is 611. The number of nitrogens with one attached hydrogen (secondary N) is 1. The maximum atomic E-state index is 11.8. The third-order valence-corrected chi connectivity index (χ3v) is 2.67. The molecule has 0 radical (unpaired) electrons. The van der Waals surface area contributed by atoms with E-state index in [0.29, 0.717) is 5.69 Å². The Morgan fingerprint density at radius 1 is 1.05 bits per heavy atom. The van der Waals surface area contributed by atoms with Gasteiger partial charge < -0.3 is 10.4 Å². The summed E-state index contributed by atoms with van der Waals surface area (Å²) in [4.78, 5) is 30.1. The van der Waals surface area contributed by atoms with Crippen molar-refractivity contribution in [1.82, 2.24) is 9.97 Å². The quantitative estimate of drug-likeness (QED) is 0.904. The van der Waals surface area contributed by atoms with Gasteiger partial charge in [-0.15, -0.1) is 0 Å². The van der Waals surface area contributed by atoms with Gasteiger partial charge in [-0.2, -0.15) is 0 Å². The zero-order valence-electron chi connectivity index (χ0n) is 9.50. The van der Waals surface area contributed by atoms with E-state index in [9.17, 15) is 9.59 Å². The molecule has 1 amide bonds. The molecule has 0 fully saturated rings. The number of carboxylic acids is 1. The molecular formula is C12H8BrN3O3. The van der Waals surface area contributed by atoms with Gasteiger partial charge in [-0.1, -0.05) is 0 Å². The number of hydrogen-bond donors (Lipinski definition) is 2. The van der Waals surface area contributed by atoms with Crippen LogP contribution in [0.5, 0.6) is 0 Å². The molecule has 0 saturated carbocycles. The third kappa shape index (κ3) is 3.35. The lowest BCUT2D eigenvalue weighted by molar-refractivity contribution is 0.0690. The lowest BCUT2D eigenvalue weighted by Crippen LogP contribution is -2.14. The molecular weight excluding hydrogens is 314 g/mol. The Labute approximate surface area is 116 Å². The monoisotopic (exact) mass is 321 g/mol. The van der Waals surface area contributed by atoms with Crippen molar-refractivity contribution in [3.05, 3.63) is 52.5 Å². The van der Waals surface area contributed by atoms with Crippen LogP contribution in [0.1, 0.15) is 21.0 Å². The van der Waals surface area contributed by atoms with Gasteiger partial charge in [-0.05, 0) is 40.2 Å². The summed E-state index contributed by atoms with van der Waals surface area (Å²) in [5.41, 5.74) is 0.574. The van der Waals surface area contributed by atoms with E-state index in [1.54, 1.807) is 12.1 Å². The second kappa shape index (κ2) is 5.57. The van der Waals surface area contributed by atoms with Crippen LogP contribution in [0.15, 0.2) is 41.1 Å². The number of anilines is 1. The molecule has 0 bridgehead atoms. The van der Waals surface area contributed by atoms with Crippen LogP contribution in [-0.4, -0.2) is 27.0 Å². The van der Waals surface area contributed by atoms with Gasteiger partial charge in [0.15, 0.2) is 0 Å². The lowest BCUT2D eigenvalue weighted by Gasteiger charge is -2.04. The van der Waals surface area contributed by atoms with Gasteiger partial charge in [0.25, 0.3) is 5.91 Å². The van der Waals surface area contributed by atoms with E-state index in [-0.39, 0.29) is 11.4 Å². The summed E-state index contributed by atoms with van der Waals surface area (Å²) in [5.74, 6) is -1.51. The number of carboxylic acid groups (broad SMARTS) is 1. The van der Waals surface area contributed by atoms with Gasteiger partial charge in [-0.25, -0.2) is 14.8 Å². The number of hydrogen-bond acceptors (Lipinski definition) is 4. The highest BCUT2D eigenvalue weighted by molar-refractivity contribution is 9.10. The average molecular weight is 322 g/mol. The van der Waals surface area contributed by atoms with E-state index >= 15 is 0 Å². The van der Waals surface area contributed by atoms with Crippen LogP contribution in [-0.2, 0) is 0 Å². The van der Waals surface area contributed by atoms with E-state index < -0.39 is 11.9 Å². The molecule has 2 aromatic heterocycles. The van der Waals surface area contributed by atoms with Crippen LogP contribution in [0, 0.1) is 0 Å². The largest absolute Gasteiger partial charge is 0.477 e. The van der Waals surface area contributed by atoms with Crippen LogP contribution < -0.4 is 5.32 Å². The number of aromatic carboxylic acids is 1. The molecule has 96 valence electrons. The van der Waals surface area contributed by atoms with E-state index in [1.165, 1.54) is 24.5 Å². The van der Waals surface area contributed by atoms with Crippen molar-refractivity contribution in [2.45, 2.75) is 0 Å². The fraction of sp³-hybridized carbons (Fsp3) is 0. The number of nitrogens with zero attached hydrogens (tertiary/aromatic N) is 2. The minimum absolute atomic E-state index is 0.0836. The van der Waals surface area contributed by atoms with E-state index in [4.69, 9.17) is 5.11 Å². The number of rotatable bonds is 3. The summed E-state index contributed by atoms with van der Waals surface area (Å²) in [7, 11) is 0. The van der Waals surface area contributed by atoms with Gasteiger partial charge >= 0.3 is 5.97 Å². The SMILES string of the molecule is O=C(O)c1ccc(NC(=O)c2ccc(Br)cn2)cn1. The van der Waals surface area contributed by atoms with E-state index in [2.05, 4.69) is 31.2 Å². The Balaban J connectivity index is 2.10. The maximum Gasteiger partial charge on any atom is 0.354 e. The molecule has 2 N–H and O–H groups in total. The van der Waals surface area contributed by atoms with Gasteiger partial charge in [0.2, 0.25) is 0 Å². The molecule has 0 unspecified atom stereocenters. The summed E-state index contributed by atoms with van der Waals surface area (Å²) in [6, 6.07) is 6.05. The summed E-state index contributed by atoms with van der Waals surface area (Å²) in [6.45, 7) is 0. The number of carbonyl (C=O) groups excluding carboxylic acids is 1. The first-order chi connectivity index (χ1) is 9.06. The lowest BCUT2D eigenvalue weighted by atomic mass is 10.3. The van der Waals surface area contributed by atoms with Crippen molar-refractivity contribution in [1.29, 1.82) is 0 Å². The van der Waals surface area contributed by atoms with Crippen LogP contribution in [0.3, 0.4) is 0 Å². The Hall–Kier alpha value is -2.28. The number of pyridine rings is 2. The summed E-state index contributed by atoms with van der Waals surface area (Å²) in [6.07, 6.45) is 2.79. The Kier molecular flexibility index (Phi) is 3.86. The predicted molar refractivity (Wildman–Crippen MR) is 71.1 cm³/mol. The number of amides is 1. The number of aromatic nitrogens is 2. The highest BCUT2D eigenvalue weighted by atomic mass is 79.9. The first-order valence-corrected chi connectivity index (χ1v) is 5.98. The molecule has 0 aromatic carbocycles. The molecule has 2 rings (SSSR count). The standard InChI is InChI=1S/C12H8BrN3O3/c13-7-1-3-9(14-5-7)11(17)16-8-2-4-10(12(18)19)15-6-8/h1-6H,(H,16,17)(H,18,19). The number of halogens is 1. The molecule has 7 heteroatoms. The summed E-state index contributed by atoms with van der Waals surface area (Å²) >= 11 is 3.22. The molecule has 6 nitrogen and oxygen atoms in total. The van der Waals surface area contributed by atoms with Crippen molar-refractivity contribution >= 4 is 33.5 Å². The second-order valence-corrected chi connectivity index (χ2v) is 4.47. The number of carbonyl (C=O) groups is 2. The zero-order chi connectivity index (χ0) is 13.8. The highest BCUT2D eigenvalue weighted by Crippen LogP contribution is 2.10. The summed E-state index contributed by atoms with van der Waals surface area (Å²) < 4.78 is 0.775. The van der Waals surface area contributed by atoms with Gasteiger partial charge in [0.1, 0.15) is 11.4 Å². The normalized spacial score (nSPS) is 9.95. The molecule has 0 atom stereocenters. The average Bonchev–Trinajstić information content (AvgIpc) is 2.40. The fourth-order valence-corrected chi connectivity index (χ4v) is 1.53. The van der Waals surface area contributed by atoms with Crippen molar-refractivity contribution in [2.75, 3.05) is 5.32 Å². The van der Waals surface area contributed by atoms with Crippen LogP contribution in [0.25, 0.3) is 0 Å². The smallest absolute Gasteiger partial charge is 0.354 e. The van der Waals surface area contributed by atoms with E-state index in [1.807, 2.05) is 0 Å². The van der Waals surface area contributed by atoms with Crippen molar-refractivity contribution in [2.24, 2.45) is 0 Å². The van der Waals surface area contributed by atoms with Gasteiger partial charge in [0.05, 0.1) is 11.9 Å².